The van der Waals surface area contributed by atoms with Crippen molar-refractivity contribution in [3.63, 3.8) is 0 Å². The molecule has 0 amide bonds. The van der Waals surface area contributed by atoms with Crippen LogP contribution in [0.1, 0.15) is 31.3 Å². The molecule has 0 saturated carbocycles. The lowest BCUT2D eigenvalue weighted by atomic mass is 10.2. The molecule has 0 atom stereocenters. The van der Waals surface area contributed by atoms with Gasteiger partial charge in [-0.05, 0) is 36.7 Å². The fraction of sp³-hybridized carbons (Fsp3) is 0.400. The fourth-order valence-electron chi connectivity index (χ4n) is 1.02. The van der Waals surface area contributed by atoms with Gasteiger partial charge in [0.25, 0.3) is 5.69 Å². The molecule has 0 N–H and O–H groups in total. The Kier molecular flexibility index (Phi) is 3.82. The van der Waals surface area contributed by atoms with Gasteiger partial charge >= 0.3 is 5.97 Å². The van der Waals surface area contributed by atoms with Crippen molar-refractivity contribution in [2.45, 2.75) is 26.4 Å². The second-order valence-corrected chi connectivity index (χ2v) is 5.10. The lowest BCUT2D eigenvalue weighted by Crippen LogP contribution is -2.24. The molecule has 0 unspecified atom stereocenters. The minimum absolute atomic E-state index is 0.0963. The van der Waals surface area contributed by atoms with Crippen LogP contribution in [-0.4, -0.2) is 21.5 Å². The molecule has 0 aliphatic carbocycles. The SMILES string of the molecule is CC(C)(C)OC(=O)c1cc([N+](=O)[O-])cc(Br)n1. The standard InChI is InChI=1S/C10H11BrN2O4/c1-10(2,3)17-9(14)7-4-6(13(15)16)5-8(11)12-7/h4-5H,1-3H3. The Balaban J connectivity index is 3.06. The number of nitrogens with zero attached hydrogens (tertiary/aromatic N) is 2. The predicted octanol–water partition coefficient (Wildman–Crippen LogP) is 2.71. The van der Waals surface area contributed by atoms with E-state index in [1.165, 1.54) is 6.07 Å². The first-order valence-electron chi connectivity index (χ1n) is 4.74. The van der Waals surface area contributed by atoms with Gasteiger partial charge in [-0.1, -0.05) is 0 Å². The van der Waals surface area contributed by atoms with E-state index in [0.29, 0.717) is 0 Å². The van der Waals surface area contributed by atoms with Crippen LogP contribution in [0.25, 0.3) is 0 Å². The molecule has 17 heavy (non-hydrogen) atoms. The van der Waals surface area contributed by atoms with Crippen molar-refractivity contribution in [1.82, 2.24) is 4.98 Å². The van der Waals surface area contributed by atoms with Gasteiger partial charge in [-0.15, -0.1) is 0 Å². The number of nitro groups is 1. The highest BCUT2D eigenvalue weighted by molar-refractivity contribution is 9.10. The molecule has 0 aliphatic heterocycles. The van der Waals surface area contributed by atoms with Gasteiger partial charge in [0.2, 0.25) is 0 Å². The normalized spacial score (nSPS) is 11.1. The van der Waals surface area contributed by atoms with Gasteiger partial charge in [0.1, 0.15) is 10.2 Å². The summed E-state index contributed by atoms with van der Waals surface area (Å²) in [4.78, 5) is 25.5. The van der Waals surface area contributed by atoms with Crippen LogP contribution in [0.15, 0.2) is 16.7 Å². The minimum Gasteiger partial charge on any atom is -0.455 e. The molecule has 0 aliphatic rings. The zero-order chi connectivity index (χ0) is 13.2. The number of hydrogen-bond acceptors (Lipinski definition) is 5. The molecule has 1 rings (SSSR count). The molecule has 1 heterocycles. The lowest BCUT2D eigenvalue weighted by molar-refractivity contribution is -0.385. The van der Waals surface area contributed by atoms with Crippen LogP contribution in [0.5, 0.6) is 0 Å². The summed E-state index contributed by atoms with van der Waals surface area (Å²) in [6.45, 7) is 5.12. The smallest absolute Gasteiger partial charge is 0.357 e. The van der Waals surface area contributed by atoms with E-state index < -0.39 is 16.5 Å². The highest BCUT2D eigenvalue weighted by Crippen LogP contribution is 2.20. The molecule has 1 aromatic heterocycles. The Morgan fingerprint density at radius 1 is 1.47 bits per heavy atom. The number of hydrogen-bond donors (Lipinski definition) is 0. The Bertz CT molecular complexity index is 468. The molecule has 0 fully saturated rings. The molecule has 0 radical (unpaired) electrons. The third-order valence-electron chi connectivity index (χ3n) is 1.60. The molecule has 0 saturated heterocycles. The summed E-state index contributed by atoms with van der Waals surface area (Å²) in [5.41, 5.74) is -0.982. The van der Waals surface area contributed by atoms with Crippen molar-refractivity contribution < 1.29 is 14.5 Å². The van der Waals surface area contributed by atoms with E-state index in [2.05, 4.69) is 20.9 Å². The third kappa shape index (κ3) is 4.10. The molecular formula is C10H11BrN2O4. The number of carbonyl (C=O) groups excluding carboxylic acids is 1. The van der Waals surface area contributed by atoms with E-state index in [-0.39, 0.29) is 16.0 Å². The number of ether oxygens (including phenoxy) is 1. The average Bonchev–Trinajstić information content (AvgIpc) is 2.13. The summed E-state index contributed by atoms with van der Waals surface area (Å²) in [6.07, 6.45) is 0. The second-order valence-electron chi connectivity index (χ2n) is 4.29. The van der Waals surface area contributed by atoms with Crippen LogP contribution >= 0.6 is 15.9 Å². The van der Waals surface area contributed by atoms with Crippen molar-refractivity contribution in [1.29, 1.82) is 0 Å². The monoisotopic (exact) mass is 302 g/mol. The Labute approximate surface area is 106 Å². The summed E-state index contributed by atoms with van der Waals surface area (Å²) in [7, 11) is 0. The average molecular weight is 303 g/mol. The summed E-state index contributed by atoms with van der Waals surface area (Å²) >= 11 is 3.01. The maximum Gasteiger partial charge on any atom is 0.357 e. The Morgan fingerprint density at radius 3 is 2.53 bits per heavy atom. The van der Waals surface area contributed by atoms with Crippen molar-refractivity contribution in [3.05, 3.63) is 32.5 Å². The van der Waals surface area contributed by atoms with Gasteiger partial charge in [-0.2, -0.15) is 0 Å². The predicted molar refractivity (Wildman–Crippen MR) is 63.8 cm³/mol. The van der Waals surface area contributed by atoms with Crippen LogP contribution in [0.4, 0.5) is 5.69 Å². The second kappa shape index (κ2) is 4.79. The number of pyridine rings is 1. The van der Waals surface area contributed by atoms with E-state index >= 15 is 0 Å². The van der Waals surface area contributed by atoms with E-state index in [9.17, 15) is 14.9 Å². The van der Waals surface area contributed by atoms with Crippen LogP contribution in [0.2, 0.25) is 0 Å². The molecule has 1 aromatic rings. The maximum absolute atomic E-state index is 11.7. The Morgan fingerprint density at radius 2 is 2.06 bits per heavy atom. The van der Waals surface area contributed by atoms with Crippen LogP contribution in [0.3, 0.4) is 0 Å². The van der Waals surface area contributed by atoms with Gasteiger partial charge in [0, 0.05) is 12.1 Å². The van der Waals surface area contributed by atoms with Crippen LogP contribution in [-0.2, 0) is 4.74 Å². The van der Waals surface area contributed by atoms with Gasteiger partial charge in [-0.25, -0.2) is 9.78 Å². The molecule has 0 aromatic carbocycles. The molecule has 0 bridgehead atoms. The minimum atomic E-state index is -0.693. The van der Waals surface area contributed by atoms with Crippen LogP contribution in [0, 0.1) is 10.1 Å². The zero-order valence-corrected chi connectivity index (χ0v) is 11.1. The summed E-state index contributed by atoms with van der Waals surface area (Å²) < 4.78 is 5.28. The van der Waals surface area contributed by atoms with Gasteiger partial charge < -0.3 is 4.74 Å². The number of aromatic nitrogens is 1. The van der Waals surface area contributed by atoms with E-state index in [4.69, 9.17) is 4.74 Å². The number of carbonyl (C=O) groups is 1. The van der Waals surface area contributed by atoms with E-state index in [1.807, 2.05) is 0 Å². The first-order chi connectivity index (χ1) is 7.69. The quantitative estimate of drug-likeness (QED) is 0.363. The molecular weight excluding hydrogens is 292 g/mol. The first kappa shape index (κ1) is 13.6. The largest absolute Gasteiger partial charge is 0.455 e. The summed E-state index contributed by atoms with van der Waals surface area (Å²) in [5, 5.41) is 10.6. The van der Waals surface area contributed by atoms with Crippen molar-refractivity contribution >= 4 is 27.6 Å². The van der Waals surface area contributed by atoms with Gasteiger partial charge in [0.05, 0.1) is 4.92 Å². The van der Waals surface area contributed by atoms with E-state index in [0.717, 1.165) is 6.07 Å². The fourth-order valence-corrected chi connectivity index (χ4v) is 1.45. The topological polar surface area (TPSA) is 82.3 Å². The maximum atomic E-state index is 11.7. The van der Waals surface area contributed by atoms with Gasteiger partial charge in [0.15, 0.2) is 5.69 Å². The van der Waals surface area contributed by atoms with Crippen molar-refractivity contribution in [2.75, 3.05) is 0 Å². The first-order valence-corrected chi connectivity index (χ1v) is 5.54. The number of esters is 1. The number of rotatable bonds is 2. The zero-order valence-electron chi connectivity index (χ0n) is 9.56. The Hall–Kier alpha value is -1.50. The summed E-state index contributed by atoms with van der Waals surface area (Å²) in [5.74, 6) is -0.693. The van der Waals surface area contributed by atoms with E-state index in [1.54, 1.807) is 20.8 Å². The molecule has 7 heteroatoms. The molecule has 0 spiro atoms. The van der Waals surface area contributed by atoms with Crippen molar-refractivity contribution in [2.24, 2.45) is 0 Å². The highest BCUT2D eigenvalue weighted by atomic mass is 79.9. The van der Waals surface area contributed by atoms with Gasteiger partial charge in [-0.3, -0.25) is 10.1 Å². The summed E-state index contributed by atoms with van der Waals surface area (Å²) in [6, 6.07) is 2.30. The third-order valence-corrected chi connectivity index (χ3v) is 2.00. The number of halogens is 1. The van der Waals surface area contributed by atoms with Crippen LogP contribution < -0.4 is 0 Å². The molecule has 92 valence electrons. The lowest BCUT2D eigenvalue weighted by Gasteiger charge is -2.18. The highest BCUT2D eigenvalue weighted by Gasteiger charge is 2.21. The molecule has 6 nitrogen and oxygen atoms in total. The van der Waals surface area contributed by atoms with Crippen molar-refractivity contribution in [3.8, 4) is 0 Å².